The molecular weight excluding hydrogens is 282 g/mol. The lowest BCUT2D eigenvalue weighted by Gasteiger charge is -2.37. The summed E-state index contributed by atoms with van der Waals surface area (Å²) in [7, 11) is 0. The third-order valence-corrected chi connectivity index (χ3v) is 5.38. The zero-order chi connectivity index (χ0) is 15.7. The summed E-state index contributed by atoms with van der Waals surface area (Å²) in [5, 5.41) is 0. The van der Waals surface area contributed by atoms with Crippen LogP contribution >= 0.6 is 0 Å². The summed E-state index contributed by atoms with van der Waals surface area (Å²) in [6.07, 6.45) is 4.83. The van der Waals surface area contributed by atoms with Gasteiger partial charge in [0, 0.05) is 24.4 Å². The zero-order valence-electron chi connectivity index (χ0n) is 13.7. The van der Waals surface area contributed by atoms with Gasteiger partial charge in [-0.05, 0) is 31.6 Å². The van der Waals surface area contributed by atoms with Gasteiger partial charge in [0.25, 0.3) is 0 Å². The molecule has 1 amide bonds. The molecule has 0 aromatic heterocycles. The van der Waals surface area contributed by atoms with Gasteiger partial charge in [-0.2, -0.15) is 0 Å². The van der Waals surface area contributed by atoms with Gasteiger partial charge >= 0.3 is 5.97 Å². The first-order chi connectivity index (χ1) is 10.5. The van der Waals surface area contributed by atoms with Crippen LogP contribution in [-0.2, 0) is 19.1 Å². The molecule has 1 saturated carbocycles. The molecule has 0 aromatic rings. The van der Waals surface area contributed by atoms with Crippen molar-refractivity contribution in [3.63, 3.8) is 0 Å². The number of carbonyl (C=O) groups is 2. The third kappa shape index (κ3) is 3.29. The molecule has 1 atom stereocenters. The van der Waals surface area contributed by atoms with Crippen molar-refractivity contribution >= 4 is 11.9 Å². The lowest BCUT2D eigenvalue weighted by Crippen LogP contribution is -2.44. The van der Waals surface area contributed by atoms with Crippen molar-refractivity contribution in [1.29, 1.82) is 0 Å². The van der Waals surface area contributed by atoms with Crippen LogP contribution in [0.2, 0.25) is 0 Å². The van der Waals surface area contributed by atoms with Crippen molar-refractivity contribution < 1.29 is 19.1 Å². The van der Waals surface area contributed by atoms with Crippen molar-refractivity contribution in [1.82, 2.24) is 4.90 Å². The fraction of sp³-hybridized carbons (Fsp3) is 0.882. The summed E-state index contributed by atoms with van der Waals surface area (Å²) in [6.45, 7) is 6.57. The molecular formula is C17H27NO4. The monoisotopic (exact) mass is 309 g/mol. The molecule has 0 spiro atoms. The van der Waals surface area contributed by atoms with Crippen LogP contribution in [0, 0.1) is 17.3 Å². The van der Waals surface area contributed by atoms with Crippen LogP contribution < -0.4 is 0 Å². The minimum Gasteiger partial charge on any atom is -0.465 e. The Morgan fingerprint density at radius 1 is 1.32 bits per heavy atom. The van der Waals surface area contributed by atoms with E-state index in [2.05, 4.69) is 13.8 Å². The van der Waals surface area contributed by atoms with E-state index in [0.717, 1.165) is 18.8 Å². The highest BCUT2D eigenvalue weighted by molar-refractivity contribution is 5.87. The molecule has 0 bridgehead atoms. The Morgan fingerprint density at radius 2 is 2.00 bits per heavy atom. The predicted octanol–water partition coefficient (Wildman–Crippen LogP) is 1.99. The molecule has 2 heterocycles. The number of likely N-dealkylation sites (tertiary alicyclic amines) is 1. The Bertz CT molecular complexity index is 438. The highest BCUT2D eigenvalue weighted by Gasteiger charge is 2.41. The van der Waals surface area contributed by atoms with Crippen LogP contribution in [0.4, 0.5) is 0 Å². The number of esters is 1. The van der Waals surface area contributed by atoms with E-state index >= 15 is 0 Å². The lowest BCUT2D eigenvalue weighted by molar-refractivity contribution is -0.168. The van der Waals surface area contributed by atoms with Gasteiger partial charge in [-0.3, -0.25) is 9.59 Å². The van der Waals surface area contributed by atoms with Gasteiger partial charge in [-0.15, -0.1) is 0 Å². The number of hydrogen-bond acceptors (Lipinski definition) is 4. The summed E-state index contributed by atoms with van der Waals surface area (Å²) in [5.74, 6) is 0.393. The summed E-state index contributed by atoms with van der Waals surface area (Å²) < 4.78 is 10.6. The molecule has 5 nitrogen and oxygen atoms in total. The normalized spacial score (nSPS) is 34.4. The molecule has 5 heteroatoms. The Kier molecular flexibility index (Phi) is 4.44. The summed E-state index contributed by atoms with van der Waals surface area (Å²) in [6, 6.07) is 0.332. The molecule has 3 rings (SSSR count). The molecule has 124 valence electrons. The number of amides is 1. The Morgan fingerprint density at radius 3 is 2.59 bits per heavy atom. The van der Waals surface area contributed by atoms with E-state index in [-0.39, 0.29) is 23.2 Å². The highest BCUT2D eigenvalue weighted by atomic mass is 16.5. The fourth-order valence-corrected chi connectivity index (χ4v) is 3.69. The summed E-state index contributed by atoms with van der Waals surface area (Å²) in [4.78, 5) is 26.4. The highest BCUT2D eigenvalue weighted by Crippen LogP contribution is 2.32. The predicted molar refractivity (Wildman–Crippen MR) is 81.1 cm³/mol. The Labute approximate surface area is 132 Å². The molecule has 1 aliphatic carbocycles. The molecule has 0 radical (unpaired) electrons. The summed E-state index contributed by atoms with van der Waals surface area (Å²) in [5.41, 5.74) is -0.0303. The van der Waals surface area contributed by atoms with E-state index in [9.17, 15) is 9.59 Å². The molecule has 2 saturated heterocycles. The third-order valence-electron chi connectivity index (χ3n) is 5.38. The average molecular weight is 309 g/mol. The van der Waals surface area contributed by atoms with Crippen molar-refractivity contribution in [3.05, 3.63) is 0 Å². The van der Waals surface area contributed by atoms with Gasteiger partial charge in [0.05, 0.1) is 19.1 Å². The number of ether oxygens (including phenoxy) is 2. The van der Waals surface area contributed by atoms with E-state index < -0.39 is 0 Å². The summed E-state index contributed by atoms with van der Waals surface area (Å²) >= 11 is 0. The van der Waals surface area contributed by atoms with Crippen molar-refractivity contribution in [2.75, 3.05) is 26.4 Å². The van der Waals surface area contributed by atoms with Crippen LogP contribution in [0.25, 0.3) is 0 Å². The van der Waals surface area contributed by atoms with Gasteiger partial charge < -0.3 is 14.4 Å². The zero-order valence-corrected chi connectivity index (χ0v) is 13.7. The van der Waals surface area contributed by atoms with E-state index in [1.165, 1.54) is 12.8 Å². The van der Waals surface area contributed by atoms with Crippen LogP contribution in [0.1, 0.15) is 46.0 Å². The topological polar surface area (TPSA) is 55.8 Å². The second-order valence-electron chi connectivity index (χ2n) is 7.77. The second kappa shape index (κ2) is 6.19. The van der Waals surface area contributed by atoms with Gasteiger partial charge in [-0.1, -0.05) is 13.8 Å². The second-order valence-corrected chi connectivity index (χ2v) is 7.77. The maximum Gasteiger partial charge on any atom is 0.311 e. The van der Waals surface area contributed by atoms with Gasteiger partial charge in [0.1, 0.15) is 6.61 Å². The largest absolute Gasteiger partial charge is 0.465 e. The van der Waals surface area contributed by atoms with Gasteiger partial charge in [0.15, 0.2) is 0 Å². The van der Waals surface area contributed by atoms with Gasteiger partial charge in [-0.25, -0.2) is 0 Å². The van der Waals surface area contributed by atoms with Crippen LogP contribution in [0.15, 0.2) is 0 Å². The minimum absolute atomic E-state index is 0.0303. The van der Waals surface area contributed by atoms with E-state index in [0.29, 0.717) is 38.8 Å². The van der Waals surface area contributed by atoms with Crippen molar-refractivity contribution in [3.8, 4) is 0 Å². The molecule has 22 heavy (non-hydrogen) atoms. The average Bonchev–Trinajstić information content (AvgIpc) is 2.86. The van der Waals surface area contributed by atoms with Crippen LogP contribution in [-0.4, -0.2) is 49.2 Å². The number of hydrogen-bond donors (Lipinski definition) is 0. The number of rotatable bonds is 4. The molecule has 0 aromatic carbocycles. The minimum atomic E-state index is -0.281. The first-order valence-electron chi connectivity index (χ1n) is 8.51. The van der Waals surface area contributed by atoms with Crippen molar-refractivity contribution in [2.24, 2.45) is 17.3 Å². The smallest absolute Gasteiger partial charge is 0.311 e. The maximum atomic E-state index is 12.2. The van der Waals surface area contributed by atoms with Crippen LogP contribution in [0.3, 0.4) is 0 Å². The molecule has 2 aliphatic heterocycles. The quantitative estimate of drug-likeness (QED) is 0.745. The van der Waals surface area contributed by atoms with E-state index in [1.54, 1.807) is 0 Å². The Balaban J connectivity index is 1.49. The number of carbonyl (C=O) groups excluding carboxylic acids is 2. The number of nitrogens with zero attached hydrogens (tertiary/aromatic N) is 1. The standard InChI is InChI=1S/C17H27NO4/c1-12-3-5-14(6-4-12)18-8-13(7-15(18)19)16(20)22-11-17(2)9-21-10-17/h12-14H,3-11H2,1-2H3/t12?,13-,14?/m0/s1. The van der Waals surface area contributed by atoms with Crippen LogP contribution in [0.5, 0.6) is 0 Å². The first kappa shape index (κ1) is 15.8. The first-order valence-corrected chi connectivity index (χ1v) is 8.51. The molecule has 3 aliphatic rings. The molecule has 0 unspecified atom stereocenters. The molecule has 0 N–H and O–H groups in total. The Hall–Kier alpha value is -1.10. The fourth-order valence-electron chi connectivity index (χ4n) is 3.69. The molecule has 3 fully saturated rings. The maximum absolute atomic E-state index is 12.2. The SMILES string of the molecule is CC1CCC(N2C[C@@H](C(=O)OCC3(C)COC3)CC2=O)CC1. The van der Waals surface area contributed by atoms with E-state index in [4.69, 9.17) is 9.47 Å². The lowest BCUT2D eigenvalue weighted by atomic mass is 9.87. The van der Waals surface area contributed by atoms with Gasteiger partial charge in [0.2, 0.25) is 5.91 Å². The van der Waals surface area contributed by atoms with Crippen molar-refractivity contribution in [2.45, 2.75) is 52.0 Å². The van der Waals surface area contributed by atoms with E-state index in [1.807, 2.05) is 4.90 Å².